The van der Waals surface area contributed by atoms with E-state index in [0.717, 1.165) is 15.9 Å². The lowest BCUT2D eigenvalue weighted by atomic mass is 10.2. The van der Waals surface area contributed by atoms with Gasteiger partial charge in [0.15, 0.2) is 9.84 Å². The molecule has 2 N–H and O–H groups in total. The van der Waals surface area contributed by atoms with Crippen molar-refractivity contribution in [2.45, 2.75) is 13.0 Å². The van der Waals surface area contributed by atoms with Crippen molar-refractivity contribution in [3.63, 3.8) is 0 Å². The molecule has 1 fully saturated rings. The van der Waals surface area contributed by atoms with Crippen LogP contribution in [0.25, 0.3) is 0 Å². The van der Waals surface area contributed by atoms with E-state index in [2.05, 4.69) is 20.9 Å². The molecule has 2 rings (SSSR count). The quantitative estimate of drug-likeness (QED) is 0.871. The summed E-state index contributed by atoms with van der Waals surface area (Å²) in [5.74, 6) is 1.25. The van der Waals surface area contributed by atoms with Gasteiger partial charge in [-0.25, -0.2) is 13.4 Å². The maximum atomic E-state index is 11.6. The van der Waals surface area contributed by atoms with Crippen molar-refractivity contribution < 1.29 is 8.42 Å². The van der Waals surface area contributed by atoms with Gasteiger partial charge in [-0.15, -0.1) is 0 Å². The minimum absolute atomic E-state index is 0.189. The van der Waals surface area contributed by atoms with Crippen LogP contribution in [0.2, 0.25) is 0 Å². The molecule has 1 aromatic heterocycles. The van der Waals surface area contributed by atoms with Crippen molar-refractivity contribution in [1.29, 1.82) is 0 Å². The molecule has 5 nitrogen and oxygen atoms in total. The number of hydrogen-bond acceptors (Lipinski definition) is 5. The summed E-state index contributed by atoms with van der Waals surface area (Å²) >= 11 is 3.36. The van der Waals surface area contributed by atoms with Gasteiger partial charge in [-0.1, -0.05) is 0 Å². The van der Waals surface area contributed by atoms with Crippen LogP contribution in [0, 0.1) is 0 Å². The highest BCUT2D eigenvalue weighted by molar-refractivity contribution is 9.10. The van der Waals surface area contributed by atoms with Crippen LogP contribution >= 0.6 is 15.9 Å². The molecule has 0 aliphatic carbocycles. The molecule has 100 valence electrons. The maximum Gasteiger partial charge on any atom is 0.152 e. The third kappa shape index (κ3) is 3.21. The zero-order valence-corrected chi connectivity index (χ0v) is 12.4. The third-order valence-electron chi connectivity index (χ3n) is 2.98. The number of anilines is 1. The second-order valence-electron chi connectivity index (χ2n) is 4.33. The lowest BCUT2D eigenvalue weighted by Crippen LogP contribution is -2.29. The molecular weight excluding hydrogens is 318 g/mol. The van der Waals surface area contributed by atoms with E-state index in [-0.39, 0.29) is 11.5 Å². The molecule has 18 heavy (non-hydrogen) atoms. The average molecular weight is 334 g/mol. The predicted octanol–water partition coefficient (Wildman–Crippen LogP) is 0.928. The van der Waals surface area contributed by atoms with Crippen molar-refractivity contribution in [3.05, 3.63) is 22.3 Å². The van der Waals surface area contributed by atoms with Crippen molar-refractivity contribution >= 4 is 31.6 Å². The summed E-state index contributed by atoms with van der Waals surface area (Å²) < 4.78 is 24.0. The monoisotopic (exact) mass is 333 g/mol. The van der Waals surface area contributed by atoms with Crippen LogP contribution < -0.4 is 10.6 Å². The van der Waals surface area contributed by atoms with Gasteiger partial charge in [0.25, 0.3) is 0 Å². The number of hydrogen-bond donors (Lipinski definition) is 1. The van der Waals surface area contributed by atoms with E-state index in [0.29, 0.717) is 26.1 Å². The highest BCUT2D eigenvalue weighted by Crippen LogP contribution is 2.22. The Morgan fingerprint density at radius 2 is 2.17 bits per heavy atom. The average Bonchev–Trinajstić information content (AvgIpc) is 2.50. The number of nitrogens with two attached hydrogens (primary N) is 1. The van der Waals surface area contributed by atoms with Crippen molar-refractivity contribution in [1.82, 2.24) is 4.98 Å². The second kappa shape index (κ2) is 5.54. The van der Waals surface area contributed by atoms with Gasteiger partial charge in [-0.05, 0) is 28.4 Å². The number of sulfone groups is 1. The molecule has 1 saturated heterocycles. The lowest BCUT2D eigenvalue weighted by Gasteiger charge is -2.23. The number of rotatable bonds is 2. The predicted molar refractivity (Wildman–Crippen MR) is 75.3 cm³/mol. The SMILES string of the molecule is NCc1cc(Br)cnc1N1CCCS(=O)(=O)CC1. The Hall–Kier alpha value is -0.660. The molecule has 0 bridgehead atoms. The van der Waals surface area contributed by atoms with Crippen LogP contribution in [0.3, 0.4) is 0 Å². The van der Waals surface area contributed by atoms with E-state index in [9.17, 15) is 8.42 Å². The zero-order chi connectivity index (χ0) is 13.2. The van der Waals surface area contributed by atoms with Crippen LogP contribution in [-0.2, 0) is 16.4 Å². The summed E-state index contributed by atoms with van der Waals surface area (Å²) in [4.78, 5) is 6.38. The molecule has 0 amide bonds. The highest BCUT2D eigenvalue weighted by Gasteiger charge is 2.21. The largest absolute Gasteiger partial charge is 0.355 e. The fourth-order valence-electron chi connectivity index (χ4n) is 2.06. The Morgan fingerprint density at radius 1 is 1.39 bits per heavy atom. The molecule has 0 atom stereocenters. The maximum absolute atomic E-state index is 11.6. The van der Waals surface area contributed by atoms with Crippen molar-refractivity contribution in [3.8, 4) is 0 Å². The number of nitrogens with zero attached hydrogens (tertiary/aromatic N) is 2. The first kappa shape index (κ1) is 13.8. The molecular formula is C11H16BrN3O2S. The summed E-state index contributed by atoms with van der Waals surface area (Å²) in [6.07, 6.45) is 2.36. The number of pyridine rings is 1. The summed E-state index contributed by atoms with van der Waals surface area (Å²) in [5, 5.41) is 0. The Kier molecular flexibility index (Phi) is 4.24. The van der Waals surface area contributed by atoms with Crippen LogP contribution in [0.5, 0.6) is 0 Å². The highest BCUT2D eigenvalue weighted by atomic mass is 79.9. The topological polar surface area (TPSA) is 76.3 Å². The fourth-order valence-corrected chi connectivity index (χ4v) is 3.71. The fraction of sp³-hybridized carbons (Fsp3) is 0.545. The zero-order valence-electron chi connectivity index (χ0n) is 9.97. The normalized spacial score (nSPS) is 19.6. The van der Waals surface area contributed by atoms with E-state index in [1.165, 1.54) is 0 Å². The third-order valence-corrected chi connectivity index (χ3v) is 5.13. The molecule has 1 aliphatic rings. The molecule has 0 aromatic carbocycles. The molecule has 1 aliphatic heterocycles. The number of halogens is 1. The lowest BCUT2D eigenvalue weighted by molar-refractivity contribution is 0.597. The minimum Gasteiger partial charge on any atom is -0.355 e. The van der Waals surface area contributed by atoms with E-state index < -0.39 is 9.84 Å². The van der Waals surface area contributed by atoms with Gasteiger partial charge in [0.1, 0.15) is 5.82 Å². The Morgan fingerprint density at radius 3 is 2.89 bits per heavy atom. The molecule has 0 spiro atoms. The molecule has 0 radical (unpaired) electrons. The van der Waals surface area contributed by atoms with Gasteiger partial charge in [-0.2, -0.15) is 0 Å². The van der Waals surface area contributed by atoms with Gasteiger partial charge in [-0.3, -0.25) is 0 Å². The summed E-state index contributed by atoms with van der Waals surface area (Å²) in [7, 11) is -2.90. The first-order valence-corrected chi connectivity index (χ1v) is 8.43. The van der Waals surface area contributed by atoms with Gasteiger partial charge >= 0.3 is 0 Å². The van der Waals surface area contributed by atoms with Crippen molar-refractivity contribution in [2.75, 3.05) is 29.5 Å². The first-order chi connectivity index (χ1) is 8.52. The van der Waals surface area contributed by atoms with E-state index in [1.54, 1.807) is 6.20 Å². The molecule has 0 saturated carbocycles. The molecule has 2 heterocycles. The van der Waals surface area contributed by atoms with E-state index in [1.807, 2.05) is 11.0 Å². The summed E-state index contributed by atoms with van der Waals surface area (Å²) in [6.45, 7) is 1.59. The second-order valence-corrected chi connectivity index (χ2v) is 7.55. The molecule has 0 unspecified atom stereocenters. The molecule has 1 aromatic rings. The standard InChI is InChI=1S/C11H16BrN3O2S/c12-10-6-9(7-13)11(14-8-10)15-2-1-4-18(16,17)5-3-15/h6,8H,1-5,7,13H2. The summed E-state index contributed by atoms with van der Waals surface area (Å²) in [5.41, 5.74) is 6.65. The number of aromatic nitrogens is 1. The molecule has 7 heteroatoms. The van der Waals surface area contributed by atoms with Crippen LogP contribution in [0.4, 0.5) is 5.82 Å². The smallest absolute Gasteiger partial charge is 0.152 e. The van der Waals surface area contributed by atoms with Gasteiger partial charge < -0.3 is 10.6 Å². The Bertz CT molecular complexity index is 533. The van der Waals surface area contributed by atoms with Crippen LogP contribution in [-0.4, -0.2) is 38.0 Å². The Labute approximate surface area is 115 Å². The summed E-state index contributed by atoms with van der Waals surface area (Å²) in [6, 6.07) is 1.93. The van der Waals surface area contributed by atoms with Crippen LogP contribution in [0.1, 0.15) is 12.0 Å². The van der Waals surface area contributed by atoms with E-state index >= 15 is 0 Å². The minimum atomic E-state index is -2.90. The van der Waals surface area contributed by atoms with Crippen LogP contribution in [0.15, 0.2) is 16.7 Å². The first-order valence-electron chi connectivity index (χ1n) is 5.82. The van der Waals surface area contributed by atoms with Gasteiger partial charge in [0.05, 0.1) is 11.5 Å². The van der Waals surface area contributed by atoms with E-state index in [4.69, 9.17) is 5.73 Å². The Balaban J connectivity index is 2.26. The van der Waals surface area contributed by atoms with Gasteiger partial charge in [0, 0.05) is 35.9 Å². The van der Waals surface area contributed by atoms with Gasteiger partial charge in [0.2, 0.25) is 0 Å². The van der Waals surface area contributed by atoms with Crippen molar-refractivity contribution in [2.24, 2.45) is 5.73 Å².